The van der Waals surface area contributed by atoms with E-state index in [2.05, 4.69) is 24.3 Å². The summed E-state index contributed by atoms with van der Waals surface area (Å²) >= 11 is 1.47. The van der Waals surface area contributed by atoms with Gasteiger partial charge in [-0.15, -0.1) is 11.8 Å². The molecule has 2 heterocycles. The minimum Gasteiger partial charge on any atom is -0.497 e. The third kappa shape index (κ3) is 4.89. The smallest absolute Gasteiger partial charge is 0.232 e. The molecule has 6 rings (SSSR count). The Morgan fingerprint density at radius 1 is 0.975 bits per heavy atom. The van der Waals surface area contributed by atoms with Crippen molar-refractivity contribution in [3.8, 4) is 34.2 Å². The Balaban J connectivity index is 1.32. The molecule has 0 spiro atoms. The highest BCUT2D eigenvalue weighted by atomic mass is 32.2. The van der Waals surface area contributed by atoms with E-state index in [1.165, 1.54) is 34.8 Å². The van der Waals surface area contributed by atoms with Crippen molar-refractivity contribution in [1.82, 2.24) is 9.55 Å². The summed E-state index contributed by atoms with van der Waals surface area (Å²) < 4.78 is 7.28. The maximum absolute atomic E-state index is 13.6. The van der Waals surface area contributed by atoms with Crippen molar-refractivity contribution >= 4 is 28.6 Å². The number of hydrogen-bond donors (Lipinski definition) is 0. The largest absolute Gasteiger partial charge is 0.497 e. The molecule has 5 nitrogen and oxygen atoms in total. The van der Waals surface area contributed by atoms with E-state index in [9.17, 15) is 10.1 Å². The minimum atomic E-state index is 0.0972. The SMILES string of the molecule is COc1ccc(-c2cc(-c3ccccc3)nc(SCCC(=O)n3c4c(c5ccccc53)CCCC4)c2C#N)cc1. The highest BCUT2D eigenvalue weighted by Crippen LogP contribution is 2.36. The summed E-state index contributed by atoms with van der Waals surface area (Å²) in [5.41, 5.74) is 7.54. The number of methoxy groups -OCH3 is 1. The second-order valence-electron chi connectivity index (χ2n) is 9.92. The van der Waals surface area contributed by atoms with Gasteiger partial charge in [0.1, 0.15) is 16.8 Å². The van der Waals surface area contributed by atoms with Gasteiger partial charge < -0.3 is 4.74 Å². The molecule has 0 N–H and O–H groups in total. The molecule has 0 aliphatic heterocycles. The Hall–Kier alpha value is -4.34. The number of carbonyl (C=O) groups is 1. The summed E-state index contributed by atoms with van der Waals surface area (Å²) in [6.07, 6.45) is 4.60. The predicted molar refractivity (Wildman–Crippen MR) is 161 cm³/mol. The molecule has 1 aliphatic rings. The van der Waals surface area contributed by atoms with Crippen LogP contribution in [0.2, 0.25) is 0 Å². The van der Waals surface area contributed by atoms with E-state index < -0.39 is 0 Å². The average Bonchev–Trinajstić information content (AvgIpc) is 3.35. The van der Waals surface area contributed by atoms with Crippen molar-refractivity contribution in [2.75, 3.05) is 12.9 Å². The number of para-hydroxylation sites is 1. The van der Waals surface area contributed by atoms with Crippen molar-refractivity contribution in [2.45, 2.75) is 37.1 Å². The van der Waals surface area contributed by atoms with Crippen molar-refractivity contribution in [3.05, 3.63) is 102 Å². The fourth-order valence-electron chi connectivity index (χ4n) is 5.62. The van der Waals surface area contributed by atoms with E-state index in [0.717, 1.165) is 52.9 Å². The molecule has 0 atom stereocenters. The van der Waals surface area contributed by atoms with Crippen LogP contribution < -0.4 is 4.74 Å². The zero-order valence-corrected chi connectivity index (χ0v) is 23.2. The molecular formula is C34H29N3O2S. The lowest BCUT2D eigenvalue weighted by molar-refractivity contribution is 0.0912. The monoisotopic (exact) mass is 543 g/mol. The summed E-state index contributed by atoms with van der Waals surface area (Å²) in [4.78, 5) is 18.5. The Morgan fingerprint density at radius 3 is 2.50 bits per heavy atom. The molecule has 0 amide bonds. The first-order chi connectivity index (χ1) is 19.7. The second-order valence-corrected chi connectivity index (χ2v) is 11.0. The molecule has 3 aromatic carbocycles. The first-order valence-corrected chi connectivity index (χ1v) is 14.6. The van der Waals surface area contributed by atoms with Crippen LogP contribution in [0, 0.1) is 11.3 Å². The van der Waals surface area contributed by atoms with Crippen LogP contribution in [0.25, 0.3) is 33.3 Å². The molecule has 5 aromatic rings. The number of aromatic nitrogens is 2. The minimum absolute atomic E-state index is 0.0972. The Labute approximate surface area is 238 Å². The number of hydrogen-bond acceptors (Lipinski definition) is 5. The first-order valence-electron chi connectivity index (χ1n) is 13.6. The molecule has 0 bridgehead atoms. The van der Waals surface area contributed by atoms with Crippen LogP contribution in [0.15, 0.2) is 90.0 Å². The van der Waals surface area contributed by atoms with Gasteiger partial charge in [-0.2, -0.15) is 5.26 Å². The maximum Gasteiger partial charge on any atom is 0.232 e. The summed E-state index contributed by atoms with van der Waals surface area (Å²) in [6.45, 7) is 0. The van der Waals surface area contributed by atoms with Crippen LogP contribution in [0.4, 0.5) is 0 Å². The van der Waals surface area contributed by atoms with Crippen LogP contribution in [0.1, 0.15) is 40.9 Å². The number of thioether (sulfide) groups is 1. The summed E-state index contributed by atoms with van der Waals surface area (Å²) in [5.74, 6) is 1.38. The van der Waals surface area contributed by atoms with Gasteiger partial charge in [-0.05, 0) is 61.1 Å². The third-order valence-electron chi connectivity index (χ3n) is 7.55. The number of nitriles is 1. The quantitative estimate of drug-likeness (QED) is 0.195. The van der Waals surface area contributed by atoms with Crippen LogP contribution in [-0.4, -0.2) is 28.3 Å². The van der Waals surface area contributed by atoms with Crippen molar-refractivity contribution in [1.29, 1.82) is 5.26 Å². The number of pyridine rings is 1. The number of aryl methyl sites for hydroxylation is 1. The fraction of sp³-hybridized carbons (Fsp3) is 0.206. The highest BCUT2D eigenvalue weighted by molar-refractivity contribution is 7.99. The van der Waals surface area contributed by atoms with Gasteiger partial charge in [-0.1, -0.05) is 60.7 Å². The summed E-state index contributed by atoms with van der Waals surface area (Å²) in [5, 5.41) is 12.1. The number of fused-ring (bicyclic) bond motifs is 3. The van der Waals surface area contributed by atoms with E-state index >= 15 is 0 Å². The molecular weight excluding hydrogens is 514 g/mol. The summed E-state index contributed by atoms with van der Waals surface area (Å²) in [7, 11) is 1.64. The number of ether oxygens (including phenoxy) is 1. The van der Waals surface area contributed by atoms with Gasteiger partial charge in [0.25, 0.3) is 0 Å². The standard InChI is InChI=1S/C34H29N3O2S/c1-39-25-17-15-23(16-18-25)28-21-30(24-9-3-2-4-10-24)36-34(29(28)22-35)40-20-19-33(38)37-31-13-7-5-11-26(31)27-12-6-8-14-32(27)37/h2-5,7,9-11,13,15-18,21H,6,8,12,14,19-20H2,1H3. The zero-order chi connectivity index (χ0) is 27.5. The van der Waals surface area contributed by atoms with E-state index in [1.54, 1.807) is 7.11 Å². The number of benzene rings is 3. The van der Waals surface area contributed by atoms with Gasteiger partial charge in [0.2, 0.25) is 5.91 Å². The van der Waals surface area contributed by atoms with Crippen LogP contribution in [0.3, 0.4) is 0 Å². The normalized spacial score (nSPS) is 12.6. The third-order valence-corrected chi connectivity index (χ3v) is 8.53. The lowest BCUT2D eigenvalue weighted by atomic mass is 9.95. The van der Waals surface area contributed by atoms with Gasteiger partial charge in [0.15, 0.2) is 0 Å². The molecule has 0 fully saturated rings. The van der Waals surface area contributed by atoms with Gasteiger partial charge in [-0.25, -0.2) is 4.98 Å². The number of nitrogens with zero attached hydrogens (tertiary/aromatic N) is 3. The first kappa shape index (κ1) is 25.9. The highest BCUT2D eigenvalue weighted by Gasteiger charge is 2.23. The molecule has 40 heavy (non-hydrogen) atoms. The topological polar surface area (TPSA) is 67.9 Å². The zero-order valence-electron chi connectivity index (χ0n) is 22.4. The van der Waals surface area contributed by atoms with E-state index in [-0.39, 0.29) is 5.91 Å². The van der Waals surface area contributed by atoms with Gasteiger partial charge in [0.05, 0.1) is 23.9 Å². The lowest BCUT2D eigenvalue weighted by Gasteiger charge is -2.15. The number of rotatable bonds is 7. The maximum atomic E-state index is 13.6. The van der Waals surface area contributed by atoms with Crippen LogP contribution in [0.5, 0.6) is 5.75 Å². The van der Waals surface area contributed by atoms with Gasteiger partial charge in [-0.3, -0.25) is 9.36 Å². The van der Waals surface area contributed by atoms with Crippen LogP contribution in [-0.2, 0) is 12.8 Å². The lowest BCUT2D eigenvalue weighted by Crippen LogP contribution is -2.16. The van der Waals surface area contributed by atoms with Crippen molar-refractivity contribution in [3.63, 3.8) is 0 Å². The number of carbonyl (C=O) groups excluding carboxylic acids is 1. The molecule has 0 radical (unpaired) electrons. The molecule has 198 valence electrons. The van der Waals surface area contributed by atoms with E-state index in [4.69, 9.17) is 9.72 Å². The molecule has 0 saturated carbocycles. The van der Waals surface area contributed by atoms with E-state index in [1.807, 2.05) is 71.3 Å². The summed E-state index contributed by atoms with van der Waals surface area (Å²) in [6, 6.07) is 30.3. The predicted octanol–water partition coefficient (Wildman–Crippen LogP) is 7.95. The molecule has 0 saturated heterocycles. The Bertz CT molecular complexity index is 1730. The van der Waals surface area contributed by atoms with Gasteiger partial charge >= 0.3 is 0 Å². The van der Waals surface area contributed by atoms with Crippen molar-refractivity contribution in [2.24, 2.45) is 0 Å². The van der Waals surface area contributed by atoms with Crippen LogP contribution >= 0.6 is 11.8 Å². The Morgan fingerprint density at radius 2 is 1.73 bits per heavy atom. The molecule has 0 unspecified atom stereocenters. The van der Waals surface area contributed by atoms with Gasteiger partial charge in [0, 0.05) is 34.4 Å². The van der Waals surface area contributed by atoms with Crippen molar-refractivity contribution < 1.29 is 9.53 Å². The molecule has 6 heteroatoms. The average molecular weight is 544 g/mol. The molecule has 1 aliphatic carbocycles. The Kier molecular flexibility index (Phi) is 7.39. The second kappa shape index (κ2) is 11.4. The fourth-order valence-corrected chi connectivity index (χ4v) is 6.55. The van der Waals surface area contributed by atoms with E-state index in [0.29, 0.717) is 22.8 Å². The molecule has 2 aromatic heterocycles.